The largest absolute Gasteiger partial charge is 0.495 e. The van der Waals surface area contributed by atoms with Gasteiger partial charge in [-0.25, -0.2) is 8.42 Å². The van der Waals surface area contributed by atoms with Gasteiger partial charge in [0.1, 0.15) is 22.7 Å². The number of nitrogens with zero attached hydrogens (tertiary/aromatic N) is 1. The van der Waals surface area contributed by atoms with Crippen molar-refractivity contribution in [2.75, 3.05) is 11.8 Å². The first-order chi connectivity index (χ1) is 11.9. The molecule has 0 spiro atoms. The minimum Gasteiger partial charge on any atom is -0.495 e. The third-order valence-electron chi connectivity index (χ3n) is 3.61. The molecule has 0 aliphatic carbocycles. The maximum atomic E-state index is 12.5. The zero-order valence-electron chi connectivity index (χ0n) is 14.1. The van der Waals surface area contributed by atoms with Crippen LogP contribution in [0.4, 0.5) is 5.69 Å². The molecule has 0 aliphatic rings. The van der Waals surface area contributed by atoms with Crippen molar-refractivity contribution in [3.05, 3.63) is 60.2 Å². The molecule has 0 radical (unpaired) electrons. The fraction of sp³-hybridized carbons (Fsp3) is 0.167. The van der Waals surface area contributed by atoms with E-state index < -0.39 is 10.0 Å². The Hall–Kier alpha value is -2.80. The Balaban J connectivity index is 1.93. The lowest BCUT2D eigenvalue weighted by Crippen LogP contribution is -2.12. The Morgan fingerprint density at radius 2 is 1.92 bits per heavy atom. The second kappa shape index (κ2) is 6.60. The van der Waals surface area contributed by atoms with Gasteiger partial charge in [0, 0.05) is 11.3 Å². The summed E-state index contributed by atoms with van der Waals surface area (Å²) in [6.45, 7) is 3.59. The fourth-order valence-corrected chi connectivity index (χ4v) is 3.48. The van der Waals surface area contributed by atoms with Crippen molar-refractivity contribution in [3.8, 4) is 17.0 Å². The molecule has 6 nitrogen and oxygen atoms in total. The molecule has 2 heterocycles. The second-order valence-electron chi connectivity index (χ2n) is 5.67. The van der Waals surface area contributed by atoms with Crippen molar-refractivity contribution < 1.29 is 17.6 Å². The highest BCUT2D eigenvalue weighted by atomic mass is 32.2. The highest BCUT2D eigenvalue weighted by Crippen LogP contribution is 2.26. The lowest BCUT2D eigenvalue weighted by molar-refractivity contribution is 0.413. The number of ether oxygens (including phenoxy) is 1. The van der Waals surface area contributed by atoms with Crippen LogP contribution < -0.4 is 9.46 Å². The van der Waals surface area contributed by atoms with Gasteiger partial charge in [-0.2, -0.15) is 0 Å². The Bertz CT molecular complexity index is 992. The summed E-state index contributed by atoms with van der Waals surface area (Å²) >= 11 is 0. The average molecular weight is 358 g/mol. The summed E-state index contributed by atoms with van der Waals surface area (Å²) in [6.07, 6.45) is 2.84. The van der Waals surface area contributed by atoms with E-state index in [2.05, 4.69) is 9.71 Å². The number of benzene rings is 1. The summed E-state index contributed by atoms with van der Waals surface area (Å²) < 4.78 is 37.7. The molecule has 0 unspecified atom stereocenters. The fourth-order valence-electron chi connectivity index (χ4n) is 2.44. The first-order valence-corrected chi connectivity index (χ1v) is 9.06. The minimum absolute atomic E-state index is 0.0932. The van der Waals surface area contributed by atoms with Crippen LogP contribution in [0.15, 0.2) is 58.2 Å². The molecule has 0 saturated heterocycles. The van der Waals surface area contributed by atoms with Gasteiger partial charge < -0.3 is 9.15 Å². The summed E-state index contributed by atoms with van der Waals surface area (Å²) in [5.74, 6) is 1.19. The van der Waals surface area contributed by atoms with Gasteiger partial charge in [-0.1, -0.05) is 0 Å². The van der Waals surface area contributed by atoms with E-state index >= 15 is 0 Å². The molecule has 3 rings (SSSR count). The molecule has 0 amide bonds. The number of furan rings is 1. The van der Waals surface area contributed by atoms with Crippen LogP contribution >= 0.6 is 0 Å². The second-order valence-corrected chi connectivity index (χ2v) is 7.35. The van der Waals surface area contributed by atoms with E-state index in [1.165, 1.54) is 12.3 Å². The van der Waals surface area contributed by atoms with Gasteiger partial charge in [0.15, 0.2) is 0 Å². The molecule has 1 N–H and O–H groups in total. The van der Waals surface area contributed by atoms with Gasteiger partial charge >= 0.3 is 0 Å². The molecule has 0 bridgehead atoms. The number of hydrogen-bond acceptors (Lipinski definition) is 5. The Morgan fingerprint density at radius 3 is 2.52 bits per heavy atom. The summed E-state index contributed by atoms with van der Waals surface area (Å²) in [4.78, 5) is 4.44. The number of pyridine rings is 1. The summed E-state index contributed by atoms with van der Waals surface area (Å²) in [5, 5.41) is 0. The van der Waals surface area contributed by atoms with E-state index in [0.717, 1.165) is 16.8 Å². The highest BCUT2D eigenvalue weighted by Gasteiger charge is 2.17. The predicted octanol–water partition coefficient (Wildman–Crippen LogP) is 3.77. The van der Waals surface area contributed by atoms with Crippen molar-refractivity contribution in [2.24, 2.45) is 0 Å². The molecule has 7 heteroatoms. The number of aromatic nitrogens is 1. The summed E-state index contributed by atoms with van der Waals surface area (Å²) in [7, 11) is -2.13. The first-order valence-electron chi connectivity index (χ1n) is 7.57. The molecule has 0 saturated carbocycles. The van der Waals surface area contributed by atoms with Crippen LogP contribution in [0.3, 0.4) is 0 Å². The normalized spacial score (nSPS) is 11.3. The van der Waals surface area contributed by atoms with E-state index in [4.69, 9.17) is 9.15 Å². The lowest BCUT2D eigenvalue weighted by Gasteiger charge is -2.10. The number of anilines is 1. The SMILES string of the molecule is COc1ccc(-c2cc(C)cc(NS(=O)(=O)c3coc(C)c3)c2)nc1. The molecule has 0 atom stereocenters. The minimum atomic E-state index is -3.70. The lowest BCUT2D eigenvalue weighted by atomic mass is 10.1. The van der Waals surface area contributed by atoms with Gasteiger partial charge in [0.25, 0.3) is 10.0 Å². The van der Waals surface area contributed by atoms with Gasteiger partial charge in [-0.3, -0.25) is 9.71 Å². The topological polar surface area (TPSA) is 81.4 Å². The first kappa shape index (κ1) is 17.0. The molecular weight excluding hydrogens is 340 g/mol. The van der Waals surface area contributed by atoms with E-state index in [1.807, 2.05) is 25.1 Å². The molecule has 0 aliphatic heterocycles. The van der Waals surface area contributed by atoms with Gasteiger partial charge in [-0.05, 0) is 55.8 Å². The van der Waals surface area contributed by atoms with Crippen molar-refractivity contribution >= 4 is 15.7 Å². The van der Waals surface area contributed by atoms with Crippen molar-refractivity contribution in [1.29, 1.82) is 0 Å². The van der Waals surface area contributed by atoms with Crippen LogP contribution in [0.1, 0.15) is 11.3 Å². The zero-order valence-corrected chi connectivity index (χ0v) is 14.9. The van der Waals surface area contributed by atoms with E-state index in [-0.39, 0.29) is 4.90 Å². The number of sulfonamides is 1. The molecule has 130 valence electrons. The number of hydrogen-bond donors (Lipinski definition) is 1. The van der Waals surface area contributed by atoms with Crippen molar-refractivity contribution in [3.63, 3.8) is 0 Å². The zero-order chi connectivity index (χ0) is 18.0. The van der Waals surface area contributed by atoms with Gasteiger partial charge in [0.05, 0.1) is 19.0 Å². The third-order valence-corrected chi connectivity index (χ3v) is 4.95. The molecule has 25 heavy (non-hydrogen) atoms. The number of aryl methyl sites for hydroxylation is 2. The van der Waals surface area contributed by atoms with Gasteiger partial charge in [-0.15, -0.1) is 0 Å². The summed E-state index contributed by atoms with van der Waals surface area (Å²) in [6, 6.07) is 10.6. The van der Waals surface area contributed by atoms with Crippen molar-refractivity contribution in [1.82, 2.24) is 4.98 Å². The monoisotopic (exact) mass is 358 g/mol. The van der Waals surface area contributed by atoms with Crippen LogP contribution in [-0.4, -0.2) is 20.5 Å². The van der Waals surface area contributed by atoms with Crippen molar-refractivity contribution in [2.45, 2.75) is 18.7 Å². The Morgan fingerprint density at radius 1 is 1.12 bits per heavy atom. The quantitative estimate of drug-likeness (QED) is 0.751. The highest BCUT2D eigenvalue weighted by molar-refractivity contribution is 7.92. The van der Waals surface area contributed by atoms with E-state index in [1.54, 1.807) is 32.4 Å². The smallest absolute Gasteiger partial charge is 0.265 e. The maximum Gasteiger partial charge on any atom is 0.265 e. The number of methoxy groups -OCH3 is 1. The molecular formula is C18H18N2O4S. The number of nitrogens with one attached hydrogen (secondary N) is 1. The molecule has 2 aromatic heterocycles. The molecule has 1 aromatic carbocycles. The predicted molar refractivity (Wildman–Crippen MR) is 95.2 cm³/mol. The van der Waals surface area contributed by atoms with Crippen LogP contribution in [0.2, 0.25) is 0 Å². The third kappa shape index (κ3) is 3.83. The summed E-state index contributed by atoms with van der Waals surface area (Å²) in [5.41, 5.74) is 2.91. The van der Waals surface area contributed by atoms with E-state index in [0.29, 0.717) is 17.2 Å². The Kier molecular flexibility index (Phi) is 4.50. The van der Waals surface area contributed by atoms with E-state index in [9.17, 15) is 8.42 Å². The van der Waals surface area contributed by atoms with Crippen LogP contribution in [0, 0.1) is 13.8 Å². The standard InChI is InChI=1S/C18H18N2O4S/c1-12-6-14(18-5-4-16(23-3)10-19-18)9-15(7-12)20-25(21,22)17-8-13(2)24-11-17/h4-11,20H,1-3H3. The molecule has 3 aromatic rings. The maximum absolute atomic E-state index is 12.5. The number of rotatable bonds is 5. The van der Waals surface area contributed by atoms with Crippen LogP contribution in [-0.2, 0) is 10.0 Å². The van der Waals surface area contributed by atoms with Crippen LogP contribution in [0.25, 0.3) is 11.3 Å². The van der Waals surface area contributed by atoms with Gasteiger partial charge in [0.2, 0.25) is 0 Å². The van der Waals surface area contributed by atoms with Crippen LogP contribution in [0.5, 0.6) is 5.75 Å². The molecule has 0 fully saturated rings. The Labute approximate surface area is 146 Å². The average Bonchev–Trinajstić information content (AvgIpc) is 3.01.